The van der Waals surface area contributed by atoms with E-state index in [4.69, 9.17) is 0 Å². The first kappa shape index (κ1) is 16.5. The summed E-state index contributed by atoms with van der Waals surface area (Å²) in [6.45, 7) is 4.97. The number of nitrogens with zero attached hydrogens (tertiary/aromatic N) is 1. The normalized spacial score (nSPS) is 11.4. The first-order valence-corrected chi connectivity index (χ1v) is 6.86. The minimum atomic E-state index is -4.42. The number of halogens is 3. The first-order chi connectivity index (χ1) is 9.40. The average molecular weight is 287 g/mol. The number of hydrogen-bond donors (Lipinski definition) is 0. The van der Waals surface area contributed by atoms with E-state index in [-0.39, 0.29) is 11.5 Å². The monoisotopic (exact) mass is 287 g/mol. The number of carbonyl (C=O) groups excluding carboxylic acids is 1. The Morgan fingerprint density at radius 2 is 1.90 bits per heavy atom. The summed E-state index contributed by atoms with van der Waals surface area (Å²) in [6.07, 6.45) is -1.51. The molecule has 1 aromatic carbocycles. The molecule has 0 heterocycles. The summed E-state index contributed by atoms with van der Waals surface area (Å²) in [4.78, 5) is 13.8. The molecule has 0 bridgehead atoms. The molecule has 20 heavy (non-hydrogen) atoms. The van der Waals surface area contributed by atoms with Crippen molar-refractivity contribution in [2.75, 3.05) is 13.1 Å². The zero-order chi connectivity index (χ0) is 15.2. The van der Waals surface area contributed by atoms with Crippen molar-refractivity contribution in [1.82, 2.24) is 4.90 Å². The highest BCUT2D eigenvalue weighted by Crippen LogP contribution is 2.29. The van der Waals surface area contributed by atoms with Gasteiger partial charge in [0.05, 0.1) is 5.56 Å². The first-order valence-electron chi connectivity index (χ1n) is 6.86. The molecule has 0 radical (unpaired) electrons. The number of unbranched alkanes of at least 4 members (excludes halogenated alkanes) is 2. The molecule has 5 heteroatoms. The second-order valence-electron chi connectivity index (χ2n) is 4.67. The van der Waals surface area contributed by atoms with Crippen LogP contribution in [0, 0.1) is 0 Å². The van der Waals surface area contributed by atoms with Crippen LogP contribution in [-0.4, -0.2) is 23.9 Å². The number of amides is 1. The molecular weight excluding hydrogens is 267 g/mol. The lowest BCUT2D eigenvalue weighted by molar-refractivity contribution is -0.137. The molecule has 1 aromatic rings. The molecule has 0 fully saturated rings. The Labute approximate surface area is 117 Å². The lowest BCUT2D eigenvalue weighted by atomic mass is 10.1. The van der Waals surface area contributed by atoms with E-state index in [0.717, 1.165) is 31.4 Å². The average Bonchev–Trinajstić information content (AvgIpc) is 2.42. The Morgan fingerprint density at radius 3 is 2.45 bits per heavy atom. The Balaban J connectivity index is 2.84. The lowest BCUT2D eigenvalue weighted by Gasteiger charge is -2.21. The van der Waals surface area contributed by atoms with Gasteiger partial charge in [-0.3, -0.25) is 4.79 Å². The molecule has 0 aliphatic rings. The van der Waals surface area contributed by atoms with Gasteiger partial charge >= 0.3 is 6.18 Å². The standard InChI is InChI=1S/C15H20F3NO/c1-3-5-6-10-19(4-2)14(20)12-8-7-9-13(11-12)15(16,17)18/h7-9,11H,3-6,10H2,1-2H3. The molecule has 1 amide bonds. The van der Waals surface area contributed by atoms with Gasteiger partial charge in [0.15, 0.2) is 0 Å². The van der Waals surface area contributed by atoms with Crippen molar-refractivity contribution < 1.29 is 18.0 Å². The molecule has 0 aromatic heterocycles. The van der Waals surface area contributed by atoms with E-state index in [2.05, 4.69) is 6.92 Å². The van der Waals surface area contributed by atoms with Crippen molar-refractivity contribution in [2.24, 2.45) is 0 Å². The number of alkyl halides is 3. The second-order valence-corrected chi connectivity index (χ2v) is 4.67. The Bertz CT molecular complexity index is 443. The van der Waals surface area contributed by atoms with Crippen LogP contribution in [0.3, 0.4) is 0 Å². The van der Waals surface area contributed by atoms with E-state index in [1.54, 1.807) is 4.90 Å². The molecule has 0 unspecified atom stereocenters. The fourth-order valence-corrected chi connectivity index (χ4v) is 1.97. The topological polar surface area (TPSA) is 20.3 Å². The highest BCUT2D eigenvalue weighted by molar-refractivity contribution is 5.94. The van der Waals surface area contributed by atoms with Crippen molar-refractivity contribution in [3.63, 3.8) is 0 Å². The Hall–Kier alpha value is -1.52. The van der Waals surface area contributed by atoms with Gasteiger partial charge in [-0.2, -0.15) is 13.2 Å². The third kappa shape index (κ3) is 4.54. The molecule has 0 saturated heterocycles. The molecule has 0 N–H and O–H groups in total. The number of rotatable bonds is 6. The zero-order valence-electron chi connectivity index (χ0n) is 11.8. The maximum atomic E-state index is 12.6. The van der Waals surface area contributed by atoms with Crippen LogP contribution in [0.15, 0.2) is 24.3 Å². The predicted octanol–water partition coefficient (Wildman–Crippen LogP) is 4.36. The van der Waals surface area contributed by atoms with Gasteiger partial charge in [0.25, 0.3) is 5.91 Å². The van der Waals surface area contributed by atoms with Crippen LogP contribution >= 0.6 is 0 Å². The van der Waals surface area contributed by atoms with Gasteiger partial charge in [-0.05, 0) is 31.5 Å². The van der Waals surface area contributed by atoms with E-state index in [1.807, 2.05) is 6.92 Å². The van der Waals surface area contributed by atoms with E-state index < -0.39 is 11.7 Å². The SMILES string of the molecule is CCCCCN(CC)C(=O)c1cccc(C(F)(F)F)c1. The Morgan fingerprint density at radius 1 is 1.20 bits per heavy atom. The van der Waals surface area contributed by atoms with E-state index in [9.17, 15) is 18.0 Å². The summed E-state index contributed by atoms with van der Waals surface area (Å²) in [5.41, 5.74) is -0.689. The molecule has 0 saturated carbocycles. The van der Waals surface area contributed by atoms with Crippen LogP contribution in [0.2, 0.25) is 0 Å². The summed E-state index contributed by atoms with van der Waals surface area (Å²) in [5, 5.41) is 0. The van der Waals surface area contributed by atoms with Gasteiger partial charge in [-0.15, -0.1) is 0 Å². The van der Waals surface area contributed by atoms with Crippen LogP contribution in [-0.2, 0) is 6.18 Å². The summed E-state index contributed by atoms with van der Waals surface area (Å²) in [7, 11) is 0. The third-order valence-corrected chi connectivity index (χ3v) is 3.14. The van der Waals surface area contributed by atoms with Gasteiger partial charge in [0, 0.05) is 18.7 Å². The molecule has 1 rings (SSSR count). The van der Waals surface area contributed by atoms with Crippen LogP contribution in [0.1, 0.15) is 49.0 Å². The molecule has 0 spiro atoms. The minimum Gasteiger partial charge on any atom is -0.339 e. The summed E-state index contributed by atoms with van der Waals surface area (Å²) in [6, 6.07) is 4.60. The minimum absolute atomic E-state index is 0.0955. The molecule has 0 aliphatic heterocycles. The van der Waals surface area contributed by atoms with Crippen LogP contribution < -0.4 is 0 Å². The number of hydrogen-bond acceptors (Lipinski definition) is 1. The zero-order valence-corrected chi connectivity index (χ0v) is 11.8. The fourth-order valence-electron chi connectivity index (χ4n) is 1.97. The van der Waals surface area contributed by atoms with Gasteiger partial charge in [-0.25, -0.2) is 0 Å². The quantitative estimate of drug-likeness (QED) is 0.712. The third-order valence-electron chi connectivity index (χ3n) is 3.14. The fraction of sp³-hybridized carbons (Fsp3) is 0.533. The second kappa shape index (κ2) is 7.31. The summed E-state index contributed by atoms with van der Waals surface area (Å²) < 4.78 is 37.9. The predicted molar refractivity (Wildman–Crippen MR) is 72.5 cm³/mol. The maximum Gasteiger partial charge on any atom is 0.416 e. The van der Waals surface area contributed by atoms with Gasteiger partial charge in [0.1, 0.15) is 0 Å². The number of benzene rings is 1. The van der Waals surface area contributed by atoms with Crippen molar-refractivity contribution in [2.45, 2.75) is 39.3 Å². The summed E-state index contributed by atoms with van der Waals surface area (Å²) in [5.74, 6) is -0.338. The van der Waals surface area contributed by atoms with Gasteiger partial charge < -0.3 is 4.90 Å². The smallest absolute Gasteiger partial charge is 0.339 e. The highest BCUT2D eigenvalue weighted by atomic mass is 19.4. The molecule has 2 nitrogen and oxygen atoms in total. The van der Waals surface area contributed by atoms with Gasteiger partial charge in [0.2, 0.25) is 0 Å². The van der Waals surface area contributed by atoms with Crippen molar-refractivity contribution in [1.29, 1.82) is 0 Å². The van der Waals surface area contributed by atoms with Crippen molar-refractivity contribution in [3.05, 3.63) is 35.4 Å². The van der Waals surface area contributed by atoms with Crippen molar-refractivity contribution >= 4 is 5.91 Å². The highest BCUT2D eigenvalue weighted by Gasteiger charge is 2.31. The molecule has 0 aliphatic carbocycles. The Kier molecular flexibility index (Phi) is 6.05. The molecule has 112 valence electrons. The molecule has 0 atom stereocenters. The number of carbonyl (C=O) groups is 1. The maximum absolute atomic E-state index is 12.6. The van der Waals surface area contributed by atoms with Gasteiger partial charge in [-0.1, -0.05) is 25.8 Å². The largest absolute Gasteiger partial charge is 0.416 e. The molecular formula is C15H20F3NO. The van der Waals surface area contributed by atoms with E-state index in [0.29, 0.717) is 13.1 Å². The van der Waals surface area contributed by atoms with Crippen LogP contribution in [0.4, 0.5) is 13.2 Å². The van der Waals surface area contributed by atoms with Crippen LogP contribution in [0.25, 0.3) is 0 Å². The lowest BCUT2D eigenvalue weighted by Crippen LogP contribution is -2.32. The van der Waals surface area contributed by atoms with E-state index >= 15 is 0 Å². The summed E-state index contributed by atoms with van der Waals surface area (Å²) >= 11 is 0. The van der Waals surface area contributed by atoms with Crippen molar-refractivity contribution in [3.8, 4) is 0 Å². The van der Waals surface area contributed by atoms with Crippen LogP contribution in [0.5, 0.6) is 0 Å². The van der Waals surface area contributed by atoms with E-state index in [1.165, 1.54) is 12.1 Å².